The van der Waals surface area contributed by atoms with Crippen molar-refractivity contribution in [1.82, 2.24) is 9.62 Å². The van der Waals surface area contributed by atoms with E-state index >= 15 is 0 Å². The minimum Gasteiger partial charge on any atom is -0.493 e. The SMILES string of the molecule is COc1cc(CNC(=O)[C@H]2CCCN2S(=O)(=O)c2ccccc2)cc(OC)c1OC. The zero-order valence-electron chi connectivity index (χ0n) is 17.3. The summed E-state index contributed by atoms with van der Waals surface area (Å²) in [6.07, 6.45) is 1.11. The summed E-state index contributed by atoms with van der Waals surface area (Å²) in [7, 11) is 0.824. The van der Waals surface area contributed by atoms with E-state index in [2.05, 4.69) is 5.32 Å². The third kappa shape index (κ3) is 4.36. The lowest BCUT2D eigenvalue weighted by molar-refractivity contribution is -0.124. The molecule has 0 aromatic heterocycles. The highest BCUT2D eigenvalue weighted by Crippen LogP contribution is 2.38. The third-order valence-electron chi connectivity index (χ3n) is 5.05. The monoisotopic (exact) mass is 434 g/mol. The van der Waals surface area contributed by atoms with E-state index in [-0.39, 0.29) is 17.3 Å². The first-order chi connectivity index (χ1) is 14.4. The van der Waals surface area contributed by atoms with Crippen LogP contribution in [0.25, 0.3) is 0 Å². The number of benzene rings is 2. The number of hydrogen-bond donors (Lipinski definition) is 1. The van der Waals surface area contributed by atoms with E-state index in [0.717, 1.165) is 5.56 Å². The predicted molar refractivity (Wildman–Crippen MR) is 111 cm³/mol. The Morgan fingerprint density at radius 2 is 1.70 bits per heavy atom. The van der Waals surface area contributed by atoms with Crippen LogP contribution in [0.4, 0.5) is 0 Å². The molecule has 0 unspecified atom stereocenters. The lowest BCUT2D eigenvalue weighted by Gasteiger charge is -2.23. The van der Waals surface area contributed by atoms with Gasteiger partial charge in [-0.25, -0.2) is 8.42 Å². The summed E-state index contributed by atoms with van der Waals surface area (Å²) in [5, 5.41) is 2.84. The van der Waals surface area contributed by atoms with E-state index < -0.39 is 16.1 Å². The van der Waals surface area contributed by atoms with Crippen LogP contribution in [0.1, 0.15) is 18.4 Å². The smallest absolute Gasteiger partial charge is 0.243 e. The molecule has 1 aliphatic rings. The van der Waals surface area contributed by atoms with Crippen LogP contribution in [-0.2, 0) is 21.4 Å². The Bertz CT molecular complexity index is 969. The lowest BCUT2D eigenvalue weighted by Crippen LogP contribution is -2.45. The summed E-state index contributed by atoms with van der Waals surface area (Å²) in [4.78, 5) is 13.0. The number of nitrogens with zero attached hydrogens (tertiary/aromatic N) is 1. The summed E-state index contributed by atoms with van der Waals surface area (Å²) in [5.41, 5.74) is 0.744. The Balaban J connectivity index is 1.75. The van der Waals surface area contributed by atoms with E-state index in [1.54, 1.807) is 42.5 Å². The Labute approximate surface area is 176 Å². The van der Waals surface area contributed by atoms with E-state index in [1.807, 2.05) is 0 Å². The molecule has 9 heteroatoms. The van der Waals surface area contributed by atoms with Crippen molar-refractivity contribution < 1.29 is 27.4 Å². The molecule has 0 radical (unpaired) electrons. The lowest BCUT2D eigenvalue weighted by atomic mass is 10.1. The Morgan fingerprint density at radius 1 is 1.07 bits per heavy atom. The van der Waals surface area contributed by atoms with Crippen molar-refractivity contribution in [2.75, 3.05) is 27.9 Å². The van der Waals surface area contributed by atoms with E-state index in [0.29, 0.717) is 36.6 Å². The van der Waals surface area contributed by atoms with Crippen molar-refractivity contribution in [3.63, 3.8) is 0 Å². The summed E-state index contributed by atoms with van der Waals surface area (Å²) in [6, 6.07) is 10.9. The van der Waals surface area contributed by atoms with Gasteiger partial charge in [-0.05, 0) is 42.7 Å². The number of amides is 1. The highest BCUT2D eigenvalue weighted by Gasteiger charge is 2.39. The Hall–Kier alpha value is -2.78. The molecule has 0 saturated carbocycles. The molecular weight excluding hydrogens is 408 g/mol. The fraction of sp³-hybridized carbons (Fsp3) is 0.381. The number of sulfonamides is 1. The molecule has 0 bridgehead atoms. The molecule has 1 amide bonds. The molecule has 0 aliphatic carbocycles. The van der Waals surface area contributed by atoms with Crippen LogP contribution in [0, 0.1) is 0 Å². The summed E-state index contributed by atoms with van der Waals surface area (Å²) >= 11 is 0. The fourth-order valence-electron chi connectivity index (χ4n) is 3.56. The maximum absolute atomic E-state index is 13.0. The highest BCUT2D eigenvalue weighted by molar-refractivity contribution is 7.89. The zero-order valence-corrected chi connectivity index (χ0v) is 18.1. The summed E-state index contributed by atoms with van der Waals surface area (Å²) in [5.74, 6) is 1.09. The van der Waals surface area contributed by atoms with Crippen molar-refractivity contribution in [2.45, 2.75) is 30.3 Å². The number of rotatable bonds is 8. The van der Waals surface area contributed by atoms with Gasteiger partial charge in [0.05, 0.1) is 26.2 Å². The van der Waals surface area contributed by atoms with Crippen molar-refractivity contribution in [1.29, 1.82) is 0 Å². The van der Waals surface area contributed by atoms with Gasteiger partial charge in [-0.1, -0.05) is 18.2 Å². The average Bonchev–Trinajstić information content (AvgIpc) is 3.28. The van der Waals surface area contributed by atoms with Crippen LogP contribution in [-0.4, -0.2) is 52.5 Å². The van der Waals surface area contributed by atoms with E-state index in [1.165, 1.54) is 25.6 Å². The topological polar surface area (TPSA) is 94.2 Å². The maximum atomic E-state index is 13.0. The predicted octanol–water partition coefficient (Wildman–Crippen LogP) is 2.18. The second-order valence-corrected chi connectivity index (χ2v) is 8.73. The van der Waals surface area contributed by atoms with Crippen molar-refractivity contribution in [2.24, 2.45) is 0 Å². The first-order valence-corrected chi connectivity index (χ1v) is 11.0. The normalized spacial score (nSPS) is 16.8. The molecule has 30 heavy (non-hydrogen) atoms. The van der Waals surface area contributed by atoms with Crippen LogP contribution in [0.5, 0.6) is 17.2 Å². The summed E-state index contributed by atoms with van der Waals surface area (Å²) < 4.78 is 43.2. The molecule has 2 aromatic carbocycles. The van der Waals surface area contributed by atoms with Gasteiger partial charge in [0.2, 0.25) is 21.7 Å². The zero-order chi connectivity index (χ0) is 21.7. The van der Waals surface area contributed by atoms with Gasteiger partial charge in [0.1, 0.15) is 6.04 Å². The first-order valence-electron chi connectivity index (χ1n) is 9.56. The largest absolute Gasteiger partial charge is 0.493 e. The number of methoxy groups -OCH3 is 3. The van der Waals surface area contributed by atoms with Crippen molar-refractivity contribution >= 4 is 15.9 Å². The van der Waals surface area contributed by atoms with Crippen LogP contribution in [0.3, 0.4) is 0 Å². The molecule has 0 spiro atoms. The first kappa shape index (κ1) is 21.9. The maximum Gasteiger partial charge on any atom is 0.243 e. The molecule has 1 aliphatic heterocycles. The molecular formula is C21H26N2O6S. The van der Waals surface area contributed by atoms with Gasteiger partial charge in [0.15, 0.2) is 11.5 Å². The molecule has 3 rings (SSSR count). The molecule has 162 valence electrons. The van der Waals surface area contributed by atoms with E-state index in [9.17, 15) is 13.2 Å². The van der Waals surface area contributed by atoms with E-state index in [4.69, 9.17) is 14.2 Å². The second kappa shape index (κ2) is 9.36. The Kier molecular flexibility index (Phi) is 6.84. The van der Waals surface area contributed by atoms with Crippen molar-refractivity contribution in [3.05, 3.63) is 48.0 Å². The Morgan fingerprint density at radius 3 is 2.27 bits per heavy atom. The van der Waals surface area contributed by atoms with Gasteiger partial charge < -0.3 is 19.5 Å². The van der Waals surface area contributed by atoms with Gasteiger partial charge in [0.25, 0.3) is 0 Å². The molecule has 1 N–H and O–H groups in total. The standard InChI is InChI=1S/C21H26N2O6S/c1-27-18-12-15(13-19(28-2)20(18)29-3)14-22-21(24)17-10-7-11-23(17)30(25,26)16-8-5-4-6-9-16/h4-6,8-9,12-13,17H,7,10-11,14H2,1-3H3,(H,22,24)/t17-/m1/s1. The number of carbonyl (C=O) groups excluding carboxylic acids is 1. The molecule has 1 saturated heterocycles. The number of ether oxygens (including phenoxy) is 3. The molecule has 1 fully saturated rings. The van der Waals surface area contributed by atoms with Gasteiger partial charge in [-0.2, -0.15) is 4.31 Å². The molecule has 1 atom stereocenters. The second-order valence-electron chi connectivity index (χ2n) is 6.84. The molecule has 8 nitrogen and oxygen atoms in total. The van der Waals surface area contributed by atoms with Gasteiger partial charge >= 0.3 is 0 Å². The molecule has 2 aromatic rings. The number of carbonyl (C=O) groups is 1. The third-order valence-corrected chi connectivity index (χ3v) is 6.97. The molecule has 1 heterocycles. The number of nitrogens with one attached hydrogen (secondary N) is 1. The van der Waals surface area contributed by atoms with Crippen LogP contribution in [0.2, 0.25) is 0 Å². The quantitative estimate of drug-likeness (QED) is 0.685. The van der Waals surface area contributed by atoms with Gasteiger partial charge in [-0.15, -0.1) is 0 Å². The highest BCUT2D eigenvalue weighted by atomic mass is 32.2. The van der Waals surface area contributed by atoms with Gasteiger partial charge in [-0.3, -0.25) is 4.79 Å². The average molecular weight is 435 g/mol. The van der Waals surface area contributed by atoms with Crippen LogP contribution >= 0.6 is 0 Å². The van der Waals surface area contributed by atoms with Crippen LogP contribution < -0.4 is 19.5 Å². The minimum atomic E-state index is -3.73. The minimum absolute atomic E-state index is 0.189. The number of hydrogen-bond acceptors (Lipinski definition) is 6. The fourth-order valence-corrected chi connectivity index (χ4v) is 5.24. The summed E-state index contributed by atoms with van der Waals surface area (Å²) in [6.45, 7) is 0.519. The van der Waals surface area contributed by atoms with Crippen molar-refractivity contribution in [3.8, 4) is 17.2 Å². The van der Waals surface area contributed by atoms with Crippen LogP contribution in [0.15, 0.2) is 47.4 Å². The van der Waals surface area contributed by atoms with Gasteiger partial charge in [0, 0.05) is 13.1 Å².